The third-order valence-corrected chi connectivity index (χ3v) is 5.33. The number of carbonyl (C=O) groups is 2. The predicted octanol–water partition coefficient (Wildman–Crippen LogP) is 3.05. The number of thioether (sulfide) groups is 1. The van der Waals surface area contributed by atoms with Crippen LogP contribution in [0.2, 0.25) is 0 Å². The summed E-state index contributed by atoms with van der Waals surface area (Å²) in [5, 5.41) is 13.3. The lowest BCUT2D eigenvalue weighted by Crippen LogP contribution is -2.23. The van der Waals surface area contributed by atoms with E-state index in [-0.39, 0.29) is 30.0 Å². The quantitative estimate of drug-likeness (QED) is 0.445. The van der Waals surface area contributed by atoms with E-state index in [9.17, 15) is 14.0 Å². The maximum atomic E-state index is 13.3. The molecule has 1 N–H and O–H groups in total. The van der Waals surface area contributed by atoms with Gasteiger partial charge < -0.3 is 10.1 Å². The largest absolute Gasteiger partial charge is 0.465 e. The lowest BCUT2D eigenvalue weighted by Gasteiger charge is -2.10. The average molecular weight is 420 g/mol. The maximum Gasteiger partial charge on any atom is 0.316 e. The van der Waals surface area contributed by atoms with E-state index in [0.29, 0.717) is 28.2 Å². The van der Waals surface area contributed by atoms with E-state index in [4.69, 9.17) is 4.74 Å². The molecular weight excluding hydrogens is 403 g/mol. The first-order chi connectivity index (χ1) is 13.6. The molecule has 0 radical (unpaired) electrons. The fourth-order valence-electron chi connectivity index (χ4n) is 2.34. The summed E-state index contributed by atoms with van der Waals surface area (Å²) in [6, 6.07) is 9.33. The number of nitrogens with one attached hydrogen (secondary N) is 1. The molecule has 7 nitrogen and oxygen atoms in total. The molecule has 28 heavy (non-hydrogen) atoms. The first kappa shape index (κ1) is 20.0. The standard InChI is InChI=1S/C18H17FN4O3S2/c1-2-26-16(24)11-28-18-22-21-15(10-20-17(25)14-4-3-9-27-14)23(18)13-7-5-12(19)6-8-13/h3-9H,2,10-11H2,1H3,(H,20,25). The molecule has 3 rings (SSSR count). The Morgan fingerprint density at radius 3 is 2.71 bits per heavy atom. The number of carbonyl (C=O) groups excluding carboxylic acids is 2. The Hall–Kier alpha value is -2.72. The van der Waals surface area contributed by atoms with Crippen molar-refractivity contribution in [2.24, 2.45) is 0 Å². The van der Waals surface area contributed by atoms with Gasteiger partial charge in [-0.15, -0.1) is 21.5 Å². The summed E-state index contributed by atoms with van der Waals surface area (Å²) in [7, 11) is 0. The van der Waals surface area contributed by atoms with Gasteiger partial charge in [-0.05, 0) is 42.6 Å². The van der Waals surface area contributed by atoms with Crippen molar-refractivity contribution < 1.29 is 18.7 Å². The van der Waals surface area contributed by atoms with Crippen LogP contribution in [-0.2, 0) is 16.1 Å². The number of nitrogens with zero attached hydrogens (tertiary/aromatic N) is 3. The summed E-state index contributed by atoms with van der Waals surface area (Å²) in [6.45, 7) is 2.16. The molecule has 3 aromatic rings. The summed E-state index contributed by atoms with van der Waals surface area (Å²) in [5.74, 6) is -0.430. The van der Waals surface area contributed by atoms with Gasteiger partial charge in [-0.1, -0.05) is 17.8 Å². The number of rotatable bonds is 8. The average Bonchev–Trinajstić information content (AvgIpc) is 3.35. The van der Waals surface area contributed by atoms with E-state index in [2.05, 4.69) is 15.5 Å². The van der Waals surface area contributed by atoms with Crippen molar-refractivity contribution in [3.8, 4) is 5.69 Å². The van der Waals surface area contributed by atoms with Crippen molar-refractivity contribution >= 4 is 35.0 Å². The number of hydrogen-bond donors (Lipinski definition) is 1. The molecule has 10 heteroatoms. The summed E-state index contributed by atoms with van der Waals surface area (Å²) in [5.41, 5.74) is 0.623. The second kappa shape index (κ2) is 9.47. The maximum absolute atomic E-state index is 13.3. The van der Waals surface area contributed by atoms with Gasteiger partial charge in [-0.3, -0.25) is 14.2 Å². The second-order valence-corrected chi connectivity index (χ2v) is 7.35. The minimum atomic E-state index is -0.370. The smallest absolute Gasteiger partial charge is 0.316 e. The van der Waals surface area contributed by atoms with Crippen LogP contribution in [0.15, 0.2) is 46.9 Å². The Labute approximate surface area is 168 Å². The molecule has 0 aliphatic rings. The van der Waals surface area contributed by atoms with Crippen LogP contribution in [0.1, 0.15) is 22.4 Å². The third-order valence-electron chi connectivity index (χ3n) is 3.56. The molecule has 0 saturated carbocycles. The van der Waals surface area contributed by atoms with Gasteiger partial charge in [0.2, 0.25) is 0 Å². The number of aromatic nitrogens is 3. The summed E-state index contributed by atoms with van der Waals surface area (Å²) in [6.07, 6.45) is 0. The molecule has 1 amide bonds. The Kier molecular flexibility index (Phi) is 6.77. The van der Waals surface area contributed by atoms with Gasteiger partial charge in [0.05, 0.1) is 23.8 Å². The molecule has 0 bridgehead atoms. The van der Waals surface area contributed by atoms with Crippen LogP contribution < -0.4 is 5.32 Å². The Morgan fingerprint density at radius 2 is 2.04 bits per heavy atom. The Balaban J connectivity index is 1.81. The highest BCUT2D eigenvalue weighted by Gasteiger charge is 2.17. The normalized spacial score (nSPS) is 10.6. The van der Waals surface area contributed by atoms with E-state index in [1.807, 2.05) is 5.38 Å². The van der Waals surface area contributed by atoms with E-state index in [0.717, 1.165) is 11.8 Å². The van der Waals surface area contributed by atoms with Gasteiger partial charge in [0.15, 0.2) is 11.0 Å². The van der Waals surface area contributed by atoms with Gasteiger partial charge in [0.25, 0.3) is 5.91 Å². The zero-order valence-corrected chi connectivity index (χ0v) is 16.6. The van der Waals surface area contributed by atoms with Crippen molar-refractivity contribution in [1.82, 2.24) is 20.1 Å². The lowest BCUT2D eigenvalue weighted by atomic mass is 10.3. The highest BCUT2D eigenvalue weighted by Crippen LogP contribution is 2.22. The second-order valence-electron chi connectivity index (χ2n) is 5.46. The Bertz CT molecular complexity index is 942. The number of thiophene rings is 1. The van der Waals surface area contributed by atoms with Crippen molar-refractivity contribution in [3.63, 3.8) is 0 Å². The molecule has 0 atom stereocenters. The first-order valence-electron chi connectivity index (χ1n) is 8.39. The molecule has 0 aliphatic heterocycles. The van der Waals surface area contributed by atoms with Gasteiger partial charge in [0.1, 0.15) is 5.82 Å². The van der Waals surface area contributed by atoms with Crippen LogP contribution in [0.5, 0.6) is 0 Å². The summed E-state index contributed by atoms with van der Waals surface area (Å²) < 4.78 is 19.9. The highest BCUT2D eigenvalue weighted by atomic mass is 32.2. The number of amides is 1. The molecule has 2 aromatic heterocycles. The van der Waals surface area contributed by atoms with E-state index in [1.54, 1.807) is 35.8 Å². The molecule has 0 unspecified atom stereocenters. The van der Waals surface area contributed by atoms with Crippen LogP contribution >= 0.6 is 23.1 Å². The predicted molar refractivity (Wildman–Crippen MR) is 104 cm³/mol. The van der Waals surface area contributed by atoms with Gasteiger partial charge in [0, 0.05) is 5.69 Å². The number of esters is 1. The topological polar surface area (TPSA) is 86.1 Å². The first-order valence-corrected chi connectivity index (χ1v) is 10.3. The molecular formula is C18H17FN4O3S2. The highest BCUT2D eigenvalue weighted by molar-refractivity contribution is 7.99. The lowest BCUT2D eigenvalue weighted by molar-refractivity contribution is -0.139. The zero-order valence-electron chi connectivity index (χ0n) is 14.9. The summed E-state index contributed by atoms with van der Waals surface area (Å²) >= 11 is 2.49. The monoisotopic (exact) mass is 420 g/mol. The van der Waals surface area contributed by atoms with E-state index in [1.165, 1.54) is 23.5 Å². The SMILES string of the molecule is CCOC(=O)CSc1nnc(CNC(=O)c2cccs2)n1-c1ccc(F)cc1. The molecule has 0 saturated heterocycles. The van der Waals surface area contributed by atoms with Crippen LogP contribution in [0.25, 0.3) is 5.69 Å². The van der Waals surface area contributed by atoms with Crippen molar-refractivity contribution in [3.05, 3.63) is 58.3 Å². The molecule has 146 valence electrons. The molecule has 2 heterocycles. The Morgan fingerprint density at radius 1 is 1.25 bits per heavy atom. The van der Waals surface area contributed by atoms with E-state index < -0.39 is 0 Å². The van der Waals surface area contributed by atoms with Crippen molar-refractivity contribution in [2.45, 2.75) is 18.6 Å². The number of hydrogen-bond acceptors (Lipinski definition) is 7. The molecule has 0 spiro atoms. The molecule has 1 aromatic carbocycles. The third kappa shape index (κ3) is 4.96. The van der Waals surface area contributed by atoms with Gasteiger partial charge >= 0.3 is 5.97 Å². The minimum absolute atomic E-state index is 0.0642. The fourth-order valence-corrected chi connectivity index (χ4v) is 3.75. The van der Waals surface area contributed by atoms with Crippen LogP contribution in [-0.4, -0.2) is 39.0 Å². The fraction of sp³-hybridized carbons (Fsp3) is 0.222. The number of ether oxygens (including phenoxy) is 1. The number of halogens is 1. The van der Waals surface area contributed by atoms with Crippen LogP contribution in [0.3, 0.4) is 0 Å². The van der Waals surface area contributed by atoms with Crippen molar-refractivity contribution in [2.75, 3.05) is 12.4 Å². The van der Waals surface area contributed by atoms with Gasteiger partial charge in [-0.25, -0.2) is 4.39 Å². The minimum Gasteiger partial charge on any atom is -0.465 e. The molecule has 0 fully saturated rings. The zero-order chi connectivity index (χ0) is 19.9. The van der Waals surface area contributed by atoms with Crippen LogP contribution in [0, 0.1) is 5.82 Å². The van der Waals surface area contributed by atoms with Crippen molar-refractivity contribution in [1.29, 1.82) is 0 Å². The summed E-state index contributed by atoms with van der Waals surface area (Å²) in [4.78, 5) is 24.4. The van der Waals surface area contributed by atoms with Gasteiger partial charge in [-0.2, -0.15) is 0 Å². The molecule has 0 aliphatic carbocycles. The van der Waals surface area contributed by atoms with E-state index >= 15 is 0 Å². The van der Waals surface area contributed by atoms with Crippen LogP contribution in [0.4, 0.5) is 4.39 Å². The number of benzene rings is 1.